The third kappa shape index (κ3) is 2.30. The largest absolute Gasteiger partial charge is 0.343 e. The van der Waals surface area contributed by atoms with Crippen LogP contribution in [0.1, 0.15) is 37.8 Å². The van der Waals surface area contributed by atoms with Crippen LogP contribution in [0.15, 0.2) is 24.5 Å². The van der Waals surface area contributed by atoms with Gasteiger partial charge in [0.25, 0.3) is 0 Å². The number of likely N-dealkylation sites (tertiary alicyclic amines) is 1. The van der Waals surface area contributed by atoms with Gasteiger partial charge in [0, 0.05) is 25.6 Å². The smallest absolute Gasteiger partial charge is 0.222 e. The van der Waals surface area contributed by atoms with Crippen molar-refractivity contribution in [2.24, 2.45) is 0 Å². The number of imidazole rings is 1. The first kappa shape index (κ1) is 13.2. The molecule has 0 atom stereocenters. The lowest BCUT2D eigenvalue weighted by Crippen LogP contribution is -2.38. The highest BCUT2D eigenvalue weighted by Crippen LogP contribution is 2.27. The van der Waals surface area contributed by atoms with Crippen molar-refractivity contribution >= 4 is 16.9 Å². The van der Waals surface area contributed by atoms with Crippen molar-refractivity contribution in [3.8, 4) is 0 Å². The number of carbonyl (C=O) groups excluding carboxylic acids is 1. The van der Waals surface area contributed by atoms with E-state index in [0.717, 1.165) is 31.4 Å². The number of amides is 1. The number of hydrogen-bond acceptors (Lipinski definition) is 2. The fourth-order valence-corrected chi connectivity index (χ4v) is 3.04. The van der Waals surface area contributed by atoms with Crippen LogP contribution in [-0.4, -0.2) is 33.4 Å². The van der Waals surface area contributed by atoms with E-state index in [9.17, 15) is 4.79 Å². The maximum Gasteiger partial charge on any atom is 0.222 e. The van der Waals surface area contributed by atoms with Crippen molar-refractivity contribution in [2.45, 2.75) is 39.2 Å². The van der Waals surface area contributed by atoms with E-state index in [1.54, 1.807) is 0 Å². The van der Waals surface area contributed by atoms with Crippen molar-refractivity contribution < 1.29 is 4.79 Å². The highest BCUT2D eigenvalue weighted by Gasteiger charge is 2.23. The van der Waals surface area contributed by atoms with Gasteiger partial charge in [-0.3, -0.25) is 4.79 Å². The molecule has 20 heavy (non-hydrogen) atoms. The lowest BCUT2D eigenvalue weighted by atomic mass is 10.0. The van der Waals surface area contributed by atoms with E-state index in [-0.39, 0.29) is 5.91 Å². The molecule has 2 aromatic rings. The Morgan fingerprint density at radius 2 is 2.10 bits per heavy atom. The Bertz CT molecular complexity index is 624. The average molecular weight is 271 g/mol. The van der Waals surface area contributed by atoms with Crippen molar-refractivity contribution in [1.29, 1.82) is 0 Å². The lowest BCUT2D eigenvalue weighted by molar-refractivity contribution is -0.132. The Kier molecular flexibility index (Phi) is 3.47. The second kappa shape index (κ2) is 5.27. The van der Waals surface area contributed by atoms with Crippen molar-refractivity contribution in [1.82, 2.24) is 14.5 Å². The number of nitrogens with zero attached hydrogens (tertiary/aromatic N) is 3. The van der Waals surface area contributed by atoms with E-state index < -0.39 is 0 Å². The summed E-state index contributed by atoms with van der Waals surface area (Å²) in [6.07, 6.45) is 4.60. The molecule has 4 nitrogen and oxygen atoms in total. The molecular formula is C16H21N3O. The van der Waals surface area contributed by atoms with Crippen LogP contribution >= 0.6 is 0 Å². The van der Waals surface area contributed by atoms with Crippen LogP contribution in [0.3, 0.4) is 0 Å². The van der Waals surface area contributed by atoms with E-state index in [1.165, 1.54) is 11.1 Å². The molecule has 1 aliphatic heterocycles. The summed E-state index contributed by atoms with van der Waals surface area (Å²) < 4.78 is 2.29. The monoisotopic (exact) mass is 271 g/mol. The number of fused-ring (bicyclic) bond motifs is 1. The van der Waals surface area contributed by atoms with Crippen molar-refractivity contribution in [3.63, 3.8) is 0 Å². The SMILES string of the molecule is CCC(=O)N1CCC(n2cnc3ccc(C)cc32)CC1. The molecule has 3 rings (SSSR count). The number of piperidine rings is 1. The third-order valence-corrected chi connectivity index (χ3v) is 4.24. The fourth-order valence-electron chi connectivity index (χ4n) is 3.04. The first-order chi connectivity index (χ1) is 9.69. The van der Waals surface area contributed by atoms with Crippen LogP contribution in [0.5, 0.6) is 0 Å². The fraction of sp³-hybridized carbons (Fsp3) is 0.500. The minimum absolute atomic E-state index is 0.273. The van der Waals surface area contributed by atoms with Gasteiger partial charge in [-0.1, -0.05) is 13.0 Å². The molecule has 0 aliphatic carbocycles. The van der Waals surface area contributed by atoms with Crippen LogP contribution in [-0.2, 0) is 4.79 Å². The molecule has 2 heterocycles. The highest BCUT2D eigenvalue weighted by molar-refractivity contribution is 5.77. The van der Waals surface area contributed by atoms with E-state index in [4.69, 9.17) is 0 Å². The first-order valence-electron chi connectivity index (χ1n) is 7.40. The number of aromatic nitrogens is 2. The molecule has 4 heteroatoms. The van der Waals surface area contributed by atoms with Gasteiger partial charge >= 0.3 is 0 Å². The molecule has 1 saturated heterocycles. The van der Waals surface area contributed by atoms with Crippen LogP contribution < -0.4 is 0 Å². The molecule has 0 N–H and O–H groups in total. The van der Waals surface area contributed by atoms with Crippen LogP contribution in [0.25, 0.3) is 11.0 Å². The molecule has 0 spiro atoms. The lowest BCUT2D eigenvalue weighted by Gasteiger charge is -2.32. The minimum Gasteiger partial charge on any atom is -0.343 e. The molecule has 0 saturated carbocycles. The zero-order valence-electron chi connectivity index (χ0n) is 12.2. The van der Waals surface area contributed by atoms with E-state index >= 15 is 0 Å². The Morgan fingerprint density at radius 1 is 1.35 bits per heavy atom. The average Bonchev–Trinajstić information content (AvgIpc) is 2.89. The molecule has 1 aliphatic rings. The Hall–Kier alpha value is -1.84. The summed E-state index contributed by atoms with van der Waals surface area (Å²) in [5, 5.41) is 0. The number of benzene rings is 1. The van der Waals surface area contributed by atoms with Gasteiger partial charge in [-0.2, -0.15) is 0 Å². The number of rotatable bonds is 2. The number of aryl methyl sites for hydroxylation is 1. The van der Waals surface area contributed by atoms with Gasteiger partial charge in [0.15, 0.2) is 0 Å². The Labute approximate surface area is 119 Å². The maximum atomic E-state index is 11.7. The summed E-state index contributed by atoms with van der Waals surface area (Å²) >= 11 is 0. The van der Waals surface area contributed by atoms with Gasteiger partial charge in [0.2, 0.25) is 5.91 Å². The highest BCUT2D eigenvalue weighted by atomic mass is 16.2. The number of carbonyl (C=O) groups is 1. The molecule has 1 aromatic carbocycles. The third-order valence-electron chi connectivity index (χ3n) is 4.24. The van der Waals surface area contributed by atoms with Gasteiger partial charge in [-0.05, 0) is 37.5 Å². The zero-order chi connectivity index (χ0) is 14.1. The van der Waals surface area contributed by atoms with Gasteiger partial charge < -0.3 is 9.47 Å². The van der Waals surface area contributed by atoms with Crippen LogP contribution in [0, 0.1) is 6.92 Å². The zero-order valence-corrected chi connectivity index (χ0v) is 12.2. The molecule has 0 unspecified atom stereocenters. The molecule has 1 aromatic heterocycles. The molecule has 106 valence electrons. The van der Waals surface area contributed by atoms with Gasteiger partial charge in [-0.15, -0.1) is 0 Å². The summed E-state index contributed by atoms with van der Waals surface area (Å²) in [5.74, 6) is 0.273. The van der Waals surface area contributed by atoms with E-state index in [0.29, 0.717) is 12.5 Å². The Morgan fingerprint density at radius 3 is 2.80 bits per heavy atom. The quantitative estimate of drug-likeness (QED) is 0.842. The van der Waals surface area contributed by atoms with Gasteiger partial charge in [0.1, 0.15) is 0 Å². The van der Waals surface area contributed by atoms with Gasteiger partial charge in [-0.25, -0.2) is 4.98 Å². The van der Waals surface area contributed by atoms with Crippen LogP contribution in [0.2, 0.25) is 0 Å². The van der Waals surface area contributed by atoms with Crippen LogP contribution in [0.4, 0.5) is 0 Å². The van der Waals surface area contributed by atoms with E-state index in [2.05, 4.69) is 34.7 Å². The topological polar surface area (TPSA) is 38.1 Å². The summed E-state index contributed by atoms with van der Waals surface area (Å²) in [4.78, 5) is 18.2. The Balaban J connectivity index is 1.80. The normalized spacial score (nSPS) is 16.8. The second-order valence-electron chi connectivity index (χ2n) is 5.61. The summed E-state index contributed by atoms with van der Waals surface area (Å²) in [5.41, 5.74) is 3.53. The van der Waals surface area contributed by atoms with Crippen molar-refractivity contribution in [3.05, 3.63) is 30.1 Å². The number of hydrogen-bond donors (Lipinski definition) is 0. The summed E-state index contributed by atoms with van der Waals surface area (Å²) in [6.45, 7) is 5.77. The molecule has 0 bridgehead atoms. The summed E-state index contributed by atoms with van der Waals surface area (Å²) in [7, 11) is 0. The molecule has 1 amide bonds. The van der Waals surface area contributed by atoms with Crippen molar-refractivity contribution in [2.75, 3.05) is 13.1 Å². The maximum absolute atomic E-state index is 11.7. The first-order valence-corrected chi connectivity index (χ1v) is 7.40. The van der Waals surface area contributed by atoms with E-state index in [1.807, 2.05) is 18.2 Å². The minimum atomic E-state index is 0.273. The molecule has 1 fully saturated rings. The van der Waals surface area contributed by atoms with Gasteiger partial charge in [0.05, 0.1) is 17.4 Å². The molecule has 0 radical (unpaired) electrons. The predicted octanol–water partition coefficient (Wildman–Crippen LogP) is 2.92. The standard InChI is InChI=1S/C16H21N3O/c1-3-16(20)18-8-6-13(7-9-18)19-11-17-14-5-4-12(2)10-15(14)19/h4-5,10-11,13H,3,6-9H2,1-2H3. The summed E-state index contributed by atoms with van der Waals surface area (Å²) in [6, 6.07) is 6.84. The second-order valence-corrected chi connectivity index (χ2v) is 5.61. The molecular weight excluding hydrogens is 250 g/mol. The predicted molar refractivity (Wildman–Crippen MR) is 79.6 cm³/mol.